The van der Waals surface area contributed by atoms with E-state index in [-0.39, 0.29) is 16.9 Å². The third kappa shape index (κ3) is 5.72. The smallest absolute Gasteiger partial charge is 0.289 e. The first-order chi connectivity index (χ1) is 17.9. The fourth-order valence-corrected chi connectivity index (χ4v) is 4.65. The summed E-state index contributed by atoms with van der Waals surface area (Å²) in [5, 5.41) is 7.40. The zero-order chi connectivity index (χ0) is 25.9. The molecule has 0 bridgehead atoms. The van der Waals surface area contributed by atoms with E-state index in [2.05, 4.69) is 15.5 Å². The quantitative estimate of drug-likeness (QED) is 0.310. The molecular weight excluding hydrogens is 531 g/mol. The molecule has 0 spiro atoms. The first-order valence-corrected chi connectivity index (χ1v) is 12.7. The monoisotopic (exact) mass is 552 g/mol. The molecule has 1 fully saturated rings. The lowest BCUT2D eigenvalue weighted by Crippen LogP contribution is -2.48. The number of para-hydroxylation sites is 1. The van der Waals surface area contributed by atoms with Gasteiger partial charge < -0.3 is 19.5 Å². The van der Waals surface area contributed by atoms with Gasteiger partial charge in [0.25, 0.3) is 11.8 Å². The van der Waals surface area contributed by atoms with Gasteiger partial charge in [-0.15, -0.1) is 0 Å². The van der Waals surface area contributed by atoms with Crippen molar-refractivity contribution in [2.24, 2.45) is 0 Å². The van der Waals surface area contributed by atoms with Gasteiger partial charge in [0.15, 0.2) is 10.9 Å². The number of thiocarbonyl (C=S) groups is 1. The van der Waals surface area contributed by atoms with E-state index >= 15 is 0 Å². The molecule has 7 nitrogen and oxygen atoms in total. The van der Waals surface area contributed by atoms with Crippen LogP contribution in [-0.2, 0) is 0 Å². The normalized spacial score (nSPS) is 13.5. The van der Waals surface area contributed by atoms with Crippen LogP contribution < -0.4 is 15.5 Å². The van der Waals surface area contributed by atoms with Crippen LogP contribution in [0, 0.1) is 0 Å². The minimum atomic E-state index is -0.386. The van der Waals surface area contributed by atoms with Crippen LogP contribution >= 0.6 is 35.4 Å². The molecule has 2 N–H and O–H groups in total. The van der Waals surface area contributed by atoms with Crippen molar-refractivity contribution in [3.8, 4) is 0 Å². The maximum Gasteiger partial charge on any atom is 0.289 e. The van der Waals surface area contributed by atoms with Crippen LogP contribution in [0.15, 0.2) is 77.2 Å². The van der Waals surface area contributed by atoms with E-state index in [1.807, 2.05) is 53.4 Å². The molecule has 2 amide bonds. The molecule has 0 unspecified atom stereocenters. The third-order valence-corrected chi connectivity index (χ3v) is 7.05. The van der Waals surface area contributed by atoms with E-state index < -0.39 is 0 Å². The lowest BCUT2D eigenvalue weighted by molar-refractivity contribution is 0.0717. The molecule has 1 aliphatic heterocycles. The van der Waals surface area contributed by atoms with Gasteiger partial charge in [-0.3, -0.25) is 14.9 Å². The van der Waals surface area contributed by atoms with E-state index in [0.717, 1.165) is 16.8 Å². The molecule has 1 saturated heterocycles. The molecule has 2 heterocycles. The number of halogens is 2. The van der Waals surface area contributed by atoms with Gasteiger partial charge in [0.1, 0.15) is 5.58 Å². The Morgan fingerprint density at radius 1 is 0.865 bits per heavy atom. The van der Waals surface area contributed by atoms with Gasteiger partial charge in [0, 0.05) is 48.5 Å². The molecular formula is C27H22Cl2N4O3S. The van der Waals surface area contributed by atoms with Crippen molar-refractivity contribution in [1.29, 1.82) is 0 Å². The topological polar surface area (TPSA) is 77.8 Å². The molecule has 0 atom stereocenters. The number of fused-ring (bicyclic) bond motifs is 1. The molecule has 188 valence electrons. The van der Waals surface area contributed by atoms with E-state index in [4.69, 9.17) is 39.8 Å². The number of nitrogens with one attached hydrogen (secondary N) is 2. The van der Waals surface area contributed by atoms with E-state index in [1.54, 1.807) is 18.2 Å². The van der Waals surface area contributed by atoms with Crippen LogP contribution in [0.4, 0.5) is 11.4 Å². The SMILES string of the molecule is O=C(NC(=S)Nc1ccc(N2CCN(C(=O)c3cc4ccccc4o3)CC2)cc1)c1ccc(Cl)c(Cl)c1. The first-order valence-electron chi connectivity index (χ1n) is 11.6. The predicted octanol–water partition coefficient (Wildman–Crippen LogP) is 5.83. The minimum Gasteiger partial charge on any atom is -0.451 e. The third-order valence-electron chi connectivity index (χ3n) is 6.10. The number of amides is 2. The Bertz CT molecular complexity index is 1450. The maximum atomic E-state index is 12.9. The van der Waals surface area contributed by atoms with Crippen molar-refractivity contribution < 1.29 is 14.0 Å². The van der Waals surface area contributed by atoms with Gasteiger partial charge in [-0.05, 0) is 66.8 Å². The Morgan fingerprint density at radius 3 is 2.30 bits per heavy atom. The number of furan rings is 1. The van der Waals surface area contributed by atoms with Crippen molar-refractivity contribution in [3.63, 3.8) is 0 Å². The van der Waals surface area contributed by atoms with E-state index in [9.17, 15) is 9.59 Å². The second-order valence-electron chi connectivity index (χ2n) is 8.51. The molecule has 0 aliphatic carbocycles. The highest BCUT2D eigenvalue weighted by Gasteiger charge is 2.24. The van der Waals surface area contributed by atoms with Gasteiger partial charge in [0.05, 0.1) is 10.0 Å². The summed E-state index contributed by atoms with van der Waals surface area (Å²) in [6.07, 6.45) is 0. The van der Waals surface area contributed by atoms with E-state index in [1.165, 1.54) is 6.07 Å². The first kappa shape index (κ1) is 25.1. The standard InChI is InChI=1S/C27H22Cl2N4O3S/c28-21-10-5-18(15-22(21)29)25(34)31-27(37)30-19-6-8-20(9-7-19)32-11-13-33(14-12-32)26(35)24-16-17-3-1-2-4-23(17)36-24/h1-10,15-16H,11-14H2,(H2,30,31,34,37). The Hall–Kier alpha value is -3.59. The van der Waals surface area contributed by atoms with Crippen LogP contribution in [-0.4, -0.2) is 48.0 Å². The van der Waals surface area contributed by atoms with Crippen LogP contribution in [0.2, 0.25) is 10.0 Å². The lowest BCUT2D eigenvalue weighted by Gasteiger charge is -2.35. The van der Waals surface area contributed by atoms with Crippen LogP contribution in [0.3, 0.4) is 0 Å². The summed E-state index contributed by atoms with van der Waals surface area (Å²) in [4.78, 5) is 29.3. The highest BCUT2D eigenvalue weighted by Crippen LogP contribution is 2.24. The average Bonchev–Trinajstić information content (AvgIpc) is 3.35. The molecule has 3 aromatic carbocycles. The van der Waals surface area contributed by atoms with Gasteiger partial charge in [0.2, 0.25) is 0 Å². The number of carbonyl (C=O) groups is 2. The highest BCUT2D eigenvalue weighted by molar-refractivity contribution is 7.80. The summed E-state index contributed by atoms with van der Waals surface area (Å²) in [5.41, 5.74) is 2.84. The fraction of sp³-hybridized carbons (Fsp3) is 0.148. The molecule has 1 aliphatic rings. The zero-order valence-electron chi connectivity index (χ0n) is 19.5. The Kier molecular flexibility index (Phi) is 7.32. The van der Waals surface area contributed by atoms with Crippen molar-refractivity contribution in [2.45, 2.75) is 0 Å². The Labute approximate surface area is 228 Å². The Balaban J connectivity index is 1.13. The number of benzene rings is 3. The Morgan fingerprint density at radius 2 is 1.59 bits per heavy atom. The molecule has 1 aromatic heterocycles. The summed E-state index contributed by atoms with van der Waals surface area (Å²) < 4.78 is 5.74. The lowest BCUT2D eigenvalue weighted by atomic mass is 10.2. The summed E-state index contributed by atoms with van der Waals surface area (Å²) in [5.74, 6) is -0.109. The second kappa shape index (κ2) is 10.8. The van der Waals surface area contributed by atoms with Gasteiger partial charge in [-0.1, -0.05) is 41.4 Å². The molecule has 5 rings (SSSR count). The zero-order valence-corrected chi connectivity index (χ0v) is 21.9. The van der Waals surface area contributed by atoms with Crippen molar-refractivity contribution in [2.75, 3.05) is 36.4 Å². The van der Waals surface area contributed by atoms with Crippen molar-refractivity contribution in [1.82, 2.24) is 10.2 Å². The van der Waals surface area contributed by atoms with E-state index in [0.29, 0.717) is 53.1 Å². The number of rotatable bonds is 4. The number of carbonyl (C=O) groups excluding carboxylic acids is 2. The molecule has 4 aromatic rings. The summed E-state index contributed by atoms with van der Waals surface area (Å²) in [7, 11) is 0. The number of anilines is 2. The van der Waals surface area contributed by atoms with Crippen LogP contribution in [0.5, 0.6) is 0 Å². The molecule has 0 saturated carbocycles. The summed E-state index contributed by atoms with van der Waals surface area (Å²) in [6, 6.07) is 21.7. The molecule has 0 radical (unpaired) electrons. The van der Waals surface area contributed by atoms with Crippen LogP contribution in [0.1, 0.15) is 20.9 Å². The average molecular weight is 553 g/mol. The van der Waals surface area contributed by atoms with Crippen molar-refractivity contribution in [3.05, 3.63) is 94.2 Å². The summed E-state index contributed by atoms with van der Waals surface area (Å²) >= 11 is 17.2. The largest absolute Gasteiger partial charge is 0.451 e. The van der Waals surface area contributed by atoms with Crippen molar-refractivity contribution >= 4 is 74.7 Å². The fourth-order valence-electron chi connectivity index (χ4n) is 4.14. The van der Waals surface area contributed by atoms with Gasteiger partial charge in [-0.2, -0.15) is 0 Å². The highest BCUT2D eigenvalue weighted by atomic mass is 35.5. The minimum absolute atomic E-state index is 0.0909. The number of nitrogens with zero attached hydrogens (tertiary/aromatic N) is 2. The molecule has 10 heteroatoms. The van der Waals surface area contributed by atoms with Gasteiger partial charge >= 0.3 is 0 Å². The molecule has 37 heavy (non-hydrogen) atoms. The van der Waals surface area contributed by atoms with Crippen LogP contribution in [0.25, 0.3) is 11.0 Å². The predicted molar refractivity (Wildman–Crippen MR) is 151 cm³/mol. The maximum absolute atomic E-state index is 12.9. The summed E-state index contributed by atoms with van der Waals surface area (Å²) in [6.45, 7) is 2.61. The number of piperazine rings is 1. The second-order valence-corrected chi connectivity index (χ2v) is 9.73. The van der Waals surface area contributed by atoms with Gasteiger partial charge in [-0.25, -0.2) is 0 Å². The number of hydrogen-bond donors (Lipinski definition) is 2. The number of hydrogen-bond acceptors (Lipinski definition) is 5.